The third-order valence-corrected chi connectivity index (χ3v) is 6.97. The molecule has 34 heavy (non-hydrogen) atoms. The van der Waals surface area contributed by atoms with Crippen LogP contribution in [0.15, 0.2) is 12.2 Å². The van der Waals surface area contributed by atoms with Gasteiger partial charge < -0.3 is 9.45 Å². The molecule has 0 atom stereocenters. The van der Waals surface area contributed by atoms with Crippen LogP contribution < -0.4 is 29.6 Å². The normalized spacial score (nSPS) is 11.6. The molecule has 0 aromatic rings. The second-order valence-electron chi connectivity index (χ2n) is 9.58. The number of unbranched alkanes of at least 4 members (excludes halogenated alkanes) is 19. The maximum absolute atomic E-state index is 11.8. The molecule has 0 spiro atoms. The quantitative estimate of drug-likeness (QED) is 0.0838. The van der Waals surface area contributed by atoms with Gasteiger partial charge in [0.15, 0.2) is 0 Å². The van der Waals surface area contributed by atoms with E-state index < -0.39 is 15.9 Å². The van der Waals surface area contributed by atoms with Crippen LogP contribution >= 0.6 is 0 Å². The van der Waals surface area contributed by atoms with Gasteiger partial charge in [0, 0.05) is 13.6 Å². The molecule has 1 amide bonds. The monoisotopic (exact) mass is 509 g/mol. The van der Waals surface area contributed by atoms with Crippen LogP contribution in [0, 0.1) is 0 Å². The summed E-state index contributed by atoms with van der Waals surface area (Å²) in [5.41, 5.74) is 0. The van der Waals surface area contributed by atoms with Crippen molar-refractivity contribution in [3.8, 4) is 0 Å². The van der Waals surface area contributed by atoms with E-state index in [-0.39, 0.29) is 42.0 Å². The van der Waals surface area contributed by atoms with E-state index in [1.165, 1.54) is 134 Å². The Kier molecular flexibility index (Phi) is 27.9. The van der Waals surface area contributed by atoms with Crippen LogP contribution in [0.4, 0.5) is 0 Å². The van der Waals surface area contributed by atoms with Crippen molar-refractivity contribution in [3.05, 3.63) is 12.2 Å². The van der Waals surface area contributed by atoms with Crippen molar-refractivity contribution in [3.63, 3.8) is 0 Å². The van der Waals surface area contributed by atoms with Crippen molar-refractivity contribution in [2.24, 2.45) is 0 Å². The van der Waals surface area contributed by atoms with Gasteiger partial charge in [-0.1, -0.05) is 129 Å². The Morgan fingerprint density at radius 2 is 1.06 bits per heavy atom. The Morgan fingerprint density at radius 3 is 1.41 bits per heavy atom. The van der Waals surface area contributed by atoms with Gasteiger partial charge in [0.25, 0.3) is 0 Å². The molecular weight excluding hydrogens is 457 g/mol. The van der Waals surface area contributed by atoms with Crippen LogP contribution in [0.25, 0.3) is 0 Å². The van der Waals surface area contributed by atoms with E-state index in [0.717, 1.165) is 12.8 Å². The number of hydrogen-bond acceptors (Lipinski definition) is 4. The van der Waals surface area contributed by atoms with Gasteiger partial charge in [-0.15, -0.1) is 0 Å². The summed E-state index contributed by atoms with van der Waals surface area (Å²) in [6.07, 6.45) is 30.1. The third-order valence-electron chi connectivity index (χ3n) is 6.29. The molecule has 0 aliphatic carbocycles. The van der Waals surface area contributed by atoms with Crippen molar-refractivity contribution < 1.29 is 47.3 Å². The Labute approximate surface area is 234 Å². The van der Waals surface area contributed by atoms with E-state index in [1.807, 2.05) is 6.08 Å². The minimum absolute atomic E-state index is 0. The van der Waals surface area contributed by atoms with Gasteiger partial charge in [0.05, 0.1) is 15.9 Å². The maximum atomic E-state index is 11.8. The summed E-state index contributed by atoms with van der Waals surface area (Å²) in [5, 5.41) is 0. The Balaban J connectivity index is 0. The van der Waals surface area contributed by atoms with Crippen molar-refractivity contribution in [1.82, 2.24) is 4.90 Å². The SMILES string of the molecule is CCCCCCCCCCCCCCCCCCCCC/C=C/C(=O)N(C)CCS(=O)(=O)[O-].[Na+]. The molecule has 0 heterocycles. The van der Waals surface area contributed by atoms with Crippen LogP contribution in [0.1, 0.15) is 135 Å². The fraction of sp³-hybridized carbons (Fsp3) is 0.889. The molecule has 0 bridgehead atoms. The van der Waals surface area contributed by atoms with Gasteiger partial charge in [-0.3, -0.25) is 4.79 Å². The average Bonchev–Trinajstić information content (AvgIpc) is 2.77. The number of nitrogens with zero attached hydrogens (tertiary/aromatic N) is 1. The minimum Gasteiger partial charge on any atom is -0.748 e. The summed E-state index contributed by atoms with van der Waals surface area (Å²) in [7, 11) is -2.77. The molecule has 0 saturated heterocycles. The summed E-state index contributed by atoms with van der Waals surface area (Å²) in [4.78, 5) is 13.1. The van der Waals surface area contributed by atoms with Crippen molar-refractivity contribution in [2.45, 2.75) is 135 Å². The molecule has 5 nitrogen and oxygen atoms in total. The molecule has 0 aromatic heterocycles. The van der Waals surface area contributed by atoms with Crippen molar-refractivity contribution >= 4 is 16.0 Å². The van der Waals surface area contributed by atoms with Crippen LogP contribution in [0.2, 0.25) is 0 Å². The predicted molar refractivity (Wildman–Crippen MR) is 139 cm³/mol. The summed E-state index contributed by atoms with van der Waals surface area (Å²) in [5.74, 6) is -0.793. The second kappa shape index (κ2) is 26.2. The molecule has 0 fully saturated rings. The first kappa shape index (κ1) is 36.3. The van der Waals surface area contributed by atoms with E-state index in [9.17, 15) is 17.8 Å². The molecule has 0 aliphatic heterocycles. The Bertz CT molecular complexity index is 581. The topological polar surface area (TPSA) is 77.5 Å². The van der Waals surface area contributed by atoms with Crippen LogP contribution in [-0.2, 0) is 14.9 Å². The molecule has 0 N–H and O–H groups in total. The van der Waals surface area contributed by atoms with Crippen LogP contribution in [0.5, 0.6) is 0 Å². The van der Waals surface area contributed by atoms with E-state index in [2.05, 4.69) is 6.92 Å². The first-order valence-electron chi connectivity index (χ1n) is 13.7. The maximum Gasteiger partial charge on any atom is 1.00 e. The molecule has 196 valence electrons. The van der Waals surface area contributed by atoms with Gasteiger partial charge >= 0.3 is 29.6 Å². The van der Waals surface area contributed by atoms with Gasteiger partial charge in [0.2, 0.25) is 5.91 Å². The first-order valence-corrected chi connectivity index (χ1v) is 15.3. The van der Waals surface area contributed by atoms with E-state index >= 15 is 0 Å². The summed E-state index contributed by atoms with van der Waals surface area (Å²) < 4.78 is 31.8. The number of rotatable bonds is 24. The zero-order valence-corrected chi connectivity index (χ0v) is 25.5. The first-order chi connectivity index (χ1) is 15.9. The molecule has 0 radical (unpaired) electrons. The standard InChI is InChI=1S/C27H53NO4S.Na/c1-3-4-5-6-7-8-9-10-11-12-13-14-15-16-17-18-19-20-21-22-23-24-27(29)28(2)25-26-33(30,31)32;/h23-24H,3-22,25-26H2,1-2H3,(H,30,31,32);/q;+1/p-1/b24-23+;. The minimum atomic E-state index is -4.28. The number of carbonyl (C=O) groups is 1. The van der Waals surface area contributed by atoms with E-state index in [1.54, 1.807) is 0 Å². The van der Waals surface area contributed by atoms with Gasteiger partial charge in [-0.2, -0.15) is 0 Å². The Hall–Kier alpha value is 0.120. The van der Waals surface area contributed by atoms with Crippen molar-refractivity contribution in [2.75, 3.05) is 19.3 Å². The van der Waals surface area contributed by atoms with Crippen LogP contribution in [-0.4, -0.2) is 43.1 Å². The molecular formula is C27H52NNaO4S. The fourth-order valence-corrected chi connectivity index (χ4v) is 4.51. The van der Waals surface area contributed by atoms with Gasteiger partial charge in [0.1, 0.15) is 0 Å². The van der Waals surface area contributed by atoms with E-state index in [4.69, 9.17) is 0 Å². The molecule has 0 aliphatic rings. The largest absolute Gasteiger partial charge is 1.00 e. The smallest absolute Gasteiger partial charge is 0.748 e. The number of hydrogen-bond donors (Lipinski definition) is 0. The van der Waals surface area contributed by atoms with Gasteiger partial charge in [-0.05, 0) is 18.9 Å². The number of allylic oxidation sites excluding steroid dienone is 1. The molecule has 0 aromatic carbocycles. The van der Waals surface area contributed by atoms with E-state index in [0.29, 0.717) is 0 Å². The third kappa shape index (κ3) is 28.4. The number of amides is 1. The van der Waals surface area contributed by atoms with Gasteiger partial charge in [-0.25, -0.2) is 8.42 Å². The zero-order chi connectivity index (χ0) is 24.6. The summed E-state index contributed by atoms with van der Waals surface area (Å²) >= 11 is 0. The predicted octanol–water partition coefficient (Wildman–Crippen LogP) is 4.37. The molecule has 0 rings (SSSR count). The molecule has 7 heteroatoms. The molecule has 0 saturated carbocycles. The molecule has 0 unspecified atom stereocenters. The zero-order valence-electron chi connectivity index (χ0n) is 22.7. The Morgan fingerprint density at radius 1 is 0.706 bits per heavy atom. The van der Waals surface area contributed by atoms with Crippen molar-refractivity contribution in [1.29, 1.82) is 0 Å². The summed E-state index contributed by atoms with van der Waals surface area (Å²) in [6.45, 7) is 2.22. The second-order valence-corrected chi connectivity index (χ2v) is 11.1. The average molecular weight is 510 g/mol. The summed E-state index contributed by atoms with van der Waals surface area (Å²) in [6, 6.07) is 0. The van der Waals surface area contributed by atoms with Crippen LogP contribution in [0.3, 0.4) is 0 Å². The number of likely N-dealkylation sites (N-methyl/N-ethyl adjacent to an activating group) is 1. The number of carbonyl (C=O) groups excluding carboxylic acids is 1. The fourth-order valence-electron chi connectivity index (χ4n) is 4.01.